The fraction of sp³-hybridized carbons (Fsp3) is 0.538. The van der Waals surface area contributed by atoms with E-state index in [1.807, 2.05) is 13.8 Å². The predicted molar refractivity (Wildman–Crippen MR) is 61.8 cm³/mol. The van der Waals surface area contributed by atoms with Gasteiger partial charge in [0.25, 0.3) is 0 Å². The first-order valence-corrected chi connectivity index (χ1v) is 5.46. The zero-order chi connectivity index (χ0) is 12.3. The maximum absolute atomic E-state index is 13.6. The maximum atomic E-state index is 13.6. The molecule has 0 fully saturated rings. The highest BCUT2D eigenvalue weighted by molar-refractivity contribution is 5.27. The van der Waals surface area contributed by atoms with Gasteiger partial charge in [-0.25, -0.2) is 4.39 Å². The van der Waals surface area contributed by atoms with E-state index < -0.39 is 17.5 Å². The molecular weight excluding hydrogens is 207 g/mol. The number of ether oxygens (including phenoxy) is 1. The van der Waals surface area contributed by atoms with Crippen molar-refractivity contribution < 1.29 is 14.2 Å². The second kappa shape index (κ2) is 4.93. The monoisotopic (exact) mass is 226 g/mol. The molecule has 0 aliphatic rings. The van der Waals surface area contributed by atoms with Crippen LogP contribution in [0, 0.1) is 12.7 Å². The summed E-state index contributed by atoms with van der Waals surface area (Å²) in [5.74, 6) is -0.397. The molecular formula is C13H19FO2. The van der Waals surface area contributed by atoms with Crippen LogP contribution >= 0.6 is 0 Å². The standard InChI is InChI=1S/C13H19FO2/c1-5-16-13(3,4)12(15)10-8-9(2)6-7-11(10)14/h6-8,12,15H,5H2,1-4H3. The Morgan fingerprint density at radius 1 is 1.44 bits per heavy atom. The van der Waals surface area contributed by atoms with Crippen LogP contribution in [0.3, 0.4) is 0 Å². The van der Waals surface area contributed by atoms with Crippen molar-refractivity contribution in [1.82, 2.24) is 0 Å². The second-order valence-electron chi connectivity index (χ2n) is 4.46. The third-order valence-electron chi connectivity index (χ3n) is 2.62. The predicted octanol–water partition coefficient (Wildman–Crippen LogP) is 2.98. The first-order valence-electron chi connectivity index (χ1n) is 5.46. The lowest BCUT2D eigenvalue weighted by Gasteiger charge is -2.31. The Morgan fingerprint density at radius 3 is 2.62 bits per heavy atom. The van der Waals surface area contributed by atoms with Gasteiger partial charge in [-0.2, -0.15) is 0 Å². The molecule has 0 spiro atoms. The number of aryl methyl sites for hydroxylation is 1. The Kier molecular flexibility index (Phi) is 4.05. The van der Waals surface area contributed by atoms with Crippen LogP contribution in [0.1, 0.15) is 38.0 Å². The van der Waals surface area contributed by atoms with E-state index in [4.69, 9.17) is 4.74 Å². The molecule has 1 aromatic carbocycles. The van der Waals surface area contributed by atoms with E-state index >= 15 is 0 Å². The van der Waals surface area contributed by atoms with Gasteiger partial charge in [0.2, 0.25) is 0 Å². The first-order chi connectivity index (χ1) is 7.38. The van der Waals surface area contributed by atoms with Gasteiger partial charge in [-0.3, -0.25) is 0 Å². The van der Waals surface area contributed by atoms with Gasteiger partial charge in [-0.15, -0.1) is 0 Å². The maximum Gasteiger partial charge on any atom is 0.129 e. The van der Waals surface area contributed by atoms with Crippen molar-refractivity contribution in [3.8, 4) is 0 Å². The largest absolute Gasteiger partial charge is 0.385 e. The van der Waals surface area contributed by atoms with Crippen molar-refractivity contribution in [2.75, 3.05) is 6.61 Å². The van der Waals surface area contributed by atoms with Crippen molar-refractivity contribution in [1.29, 1.82) is 0 Å². The molecule has 0 saturated carbocycles. The van der Waals surface area contributed by atoms with Crippen LogP contribution in [0.2, 0.25) is 0 Å². The van der Waals surface area contributed by atoms with Crippen LogP contribution in [0.5, 0.6) is 0 Å². The van der Waals surface area contributed by atoms with E-state index in [9.17, 15) is 9.50 Å². The van der Waals surface area contributed by atoms with E-state index in [1.165, 1.54) is 6.07 Å². The van der Waals surface area contributed by atoms with E-state index in [0.717, 1.165) is 5.56 Å². The minimum absolute atomic E-state index is 0.290. The minimum Gasteiger partial charge on any atom is -0.385 e. The van der Waals surface area contributed by atoms with E-state index in [1.54, 1.807) is 26.0 Å². The van der Waals surface area contributed by atoms with Crippen LogP contribution in [-0.2, 0) is 4.74 Å². The summed E-state index contributed by atoms with van der Waals surface area (Å²) in [6.45, 7) is 7.70. The molecule has 1 N–H and O–H groups in total. The second-order valence-corrected chi connectivity index (χ2v) is 4.46. The third-order valence-corrected chi connectivity index (χ3v) is 2.62. The molecule has 2 nitrogen and oxygen atoms in total. The molecule has 0 saturated heterocycles. The molecule has 0 heterocycles. The van der Waals surface area contributed by atoms with Gasteiger partial charge in [0.1, 0.15) is 11.9 Å². The molecule has 0 amide bonds. The van der Waals surface area contributed by atoms with Crippen LogP contribution in [0.4, 0.5) is 4.39 Å². The van der Waals surface area contributed by atoms with E-state index in [2.05, 4.69) is 0 Å². The van der Waals surface area contributed by atoms with Gasteiger partial charge >= 0.3 is 0 Å². The summed E-state index contributed by atoms with van der Waals surface area (Å²) in [7, 11) is 0. The van der Waals surface area contributed by atoms with E-state index in [0.29, 0.717) is 12.2 Å². The molecule has 90 valence electrons. The quantitative estimate of drug-likeness (QED) is 0.855. The van der Waals surface area contributed by atoms with Crippen molar-refractivity contribution in [2.24, 2.45) is 0 Å². The van der Waals surface area contributed by atoms with Gasteiger partial charge in [-0.1, -0.05) is 17.7 Å². The number of halogens is 1. The van der Waals surface area contributed by atoms with Gasteiger partial charge in [-0.05, 0) is 33.8 Å². The molecule has 0 aliphatic heterocycles. The Bertz CT molecular complexity index is 361. The fourth-order valence-electron chi connectivity index (χ4n) is 1.70. The zero-order valence-electron chi connectivity index (χ0n) is 10.2. The zero-order valence-corrected chi connectivity index (χ0v) is 10.2. The van der Waals surface area contributed by atoms with Crippen LogP contribution in [0.25, 0.3) is 0 Å². The van der Waals surface area contributed by atoms with Gasteiger partial charge in [0, 0.05) is 12.2 Å². The third kappa shape index (κ3) is 2.80. The summed E-state index contributed by atoms with van der Waals surface area (Å²) in [6, 6.07) is 4.70. The summed E-state index contributed by atoms with van der Waals surface area (Å²) >= 11 is 0. The molecule has 3 heteroatoms. The number of hydrogen-bond acceptors (Lipinski definition) is 2. The molecule has 1 rings (SSSR count). The number of benzene rings is 1. The van der Waals surface area contributed by atoms with Gasteiger partial charge in [0.05, 0.1) is 5.60 Å². The molecule has 1 unspecified atom stereocenters. The topological polar surface area (TPSA) is 29.5 Å². The summed E-state index contributed by atoms with van der Waals surface area (Å²) in [5.41, 5.74) is 0.421. The molecule has 1 atom stereocenters. The Balaban J connectivity index is 3.03. The van der Waals surface area contributed by atoms with Crippen molar-refractivity contribution in [3.63, 3.8) is 0 Å². The average molecular weight is 226 g/mol. The van der Waals surface area contributed by atoms with Crippen molar-refractivity contribution in [3.05, 3.63) is 35.1 Å². The SMILES string of the molecule is CCOC(C)(C)C(O)c1cc(C)ccc1F. The molecule has 16 heavy (non-hydrogen) atoms. The van der Waals surface area contributed by atoms with Crippen LogP contribution in [-0.4, -0.2) is 17.3 Å². The smallest absolute Gasteiger partial charge is 0.129 e. The highest BCUT2D eigenvalue weighted by Crippen LogP contribution is 2.30. The number of aliphatic hydroxyl groups excluding tert-OH is 1. The highest BCUT2D eigenvalue weighted by Gasteiger charge is 2.31. The summed E-state index contributed by atoms with van der Waals surface area (Å²) < 4.78 is 19.0. The Labute approximate surface area is 96.1 Å². The molecule has 0 aromatic heterocycles. The summed E-state index contributed by atoms with van der Waals surface area (Å²) in [4.78, 5) is 0. The normalized spacial score (nSPS) is 13.9. The summed E-state index contributed by atoms with van der Waals surface area (Å²) in [5, 5.41) is 10.1. The average Bonchev–Trinajstić information content (AvgIpc) is 2.20. The minimum atomic E-state index is -0.965. The fourth-order valence-corrected chi connectivity index (χ4v) is 1.70. The van der Waals surface area contributed by atoms with Crippen molar-refractivity contribution >= 4 is 0 Å². The van der Waals surface area contributed by atoms with Crippen LogP contribution < -0.4 is 0 Å². The molecule has 1 aromatic rings. The summed E-state index contributed by atoms with van der Waals surface area (Å²) in [6.07, 6.45) is -0.965. The molecule has 0 bridgehead atoms. The lowest BCUT2D eigenvalue weighted by atomic mass is 9.93. The molecule has 0 radical (unpaired) electrons. The number of rotatable bonds is 4. The lowest BCUT2D eigenvalue weighted by molar-refractivity contribution is -0.0994. The Morgan fingerprint density at radius 2 is 2.06 bits per heavy atom. The first kappa shape index (κ1) is 13.1. The van der Waals surface area contributed by atoms with Gasteiger partial charge < -0.3 is 9.84 Å². The number of aliphatic hydroxyl groups is 1. The van der Waals surface area contributed by atoms with E-state index in [-0.39, 0.29) is 0 Å². The molecule has 0 aliphatic carbocycles. The lowest BCUT2D eigenvalue weighted by Crippen LogP contribution is -2.33. The van der Waals surface area contributed by atoms with Crippen molar-refractivity contribution in [2.45, 2.75) is 39.4 Å². The highest BCUT2D eigenvalue weighted by atomic mass is 19.1. The number of hydrogen-bond donors (Lipinski definition) is 1. The van der Waals surface area contributed by atoms with Gasteiger partial charge in [0.15, 0.2) is 0 Å². The van der Waals surface area contributed by atoms with Crippen LogP contribution in [0.15, 0.2) is 18.2 Å². The Hall–Kier alpha value is -0.930.